The van der Waals surface area contributed by atoms with Gasteiger partial charge in [-0.05, 0) is 11.8 Å². The summed E-state index contributed by atoms with van der Waals surface area (Å²) >= 11 is 0. The molecule has 6 heteroatoms. The van der Waals surface area contributed by atoms with Crippen LogP contribution in [0.3, 0.4) is 0 Å². The molecule has 2 aromatic rings. The second-order valence-electron chi connectivity index (χ2n) is 5.98. The highest BCUT2D eigenvalue weighted by Gasteiger charge is 2.08. The van der Waals surface area contributed by atoms with E-state index in [-0.39, 0.29) is 0 Å². The quantitative estimate of drug-likeness (QED) is 0.854. The van der Waals surface area contributed by atoms with Gasteiger partial charge in [-0.25, -0.2) is 9.97 Å². The number of nitrogens with one attached hydrogen (secondary N) is 1. The normalized spacial score (nSPS) is 11.3. The molecule has 0 aromatic carbocycles. The van der Waals surface area contributed by atoms with Crippen LogP contribution in [0.5, 0.6) is 0 Å². The first-order chi connectivity index (χ1) is 9.95. The molecule has 2 rings (SSSR count). The van der Waals surface area contributed by atoms with E-state index in [4.69, 9.17) is 5.73 Å². The molecular weight excluding hydrogens is 264 g/mol. The van der Waals surface area contributed by atoms with Gasteiger partial charge in [0.05, 0.1) is 24.3 Å². The predicted octanol–water partition coefficient (Wildman–Crippen LogP) is 2.65. The third-order valence-electron chi connectivity index (χ3n) is 3.17. The van der Waals surface area contributed by atoms with Gasteiger partial charge in [0.1, 0.15) is 5.82 Å². The molecule has 0 radical (unpaired) electrons. The molecular formula is C15H24N6. The molecule has 2 aromatic heterocycles. The van der Waals surface area contributed by atoms with Crippen molar-refractivity contribution < 1.29 is 0 Å². The molecule has 0 fully saturated rings. The Morgan fingerprint density at radius 1 is 1.24 bits per heavy atom. The molecule has 6 nitrogen and oxygen atoms in total. The van der Waals surface area contributed by atoms with Gasteiger partial charge in [-0.1, -0.05) is 27.7 Å². The van der Waals surface area contributed by atoms with Crippen molar-refractivity contribution in [3.05, 3.63) is 30.0 Å². The lowest BCUT2D eigenvalue weighted by Crippen LogP contribution is -2.12. The molecule has 21 heavy (non-hydrogen) atoms. The Morgan fingerprint density at radius 3 is 2.67 bits per heavy atom. The monoisotopic (exact) mass is 288 g/mol. The van der Waals surface area contributed by atoms with E-state index in [0.717, 1.165) is 23.8 Å². The van der Waals surface area contributed by atoms with Gasteiger partial charge in [-0.3, -0.25) is 0 Å². The topological polar surface area (TPSA) is 81.7 Å². The number of hydrogen-bond donors (Lipinski definition) is 2. The Bertz CT molecular complexity index is 588. The van der Waals surface area contributed by atoms with E-state index in [1.807, 2.05) is 18.6 Å². The van der Waals surface area contributed by atoms with E-state index >= 15 is 0 Å². The lowest BCUT2D eigenvalue weighted by molar-refractivity contribution is 0.511. The third-order valence-corrected chi connectivity index (χ3v) is 3.17. The summed E-state index contributed by atoms with van der Waals surface area (Å²) in [4.78, 5) is 12.7. The Balaban J connectivity index is 2.08. The summed E-state index contributed by atoms with van der Waals surface area (Å²) < 4.78 is 2.16. The van der Waals surface area contributed by atoms with E-state index < -0.39 is 0 Å². The van der Waals surface area contributed by atoms with E-state index in [9.17, 15) is 0 Å². The highest BCUT2D eigenvalue weighted by Crippen LogP contribution is 2.17. The fraction of sp³-hybridized carbons (Fsp3) is 0.533. The fourth-order valence-electron chi connectivity index (χ4n) is 2.11. The molecule has 0 saturated carbocycles. The second kappa shape index (κ2) is 6.56. The number of nitrogens with zero attached hydrogens (tertiary/aromatic N) is 4. The summed E-state index contributed by atoms with van der Waals surface area (Å²) in [5.74, 6) is 1.96. The summed E-state index contributed by atoms with van der Waals surface area (Å²) in [6.07, 6.45) is 3.74. The molecule has 0 spiro atoms. The third kappa shape index (κ3) is 4.18. The van der Waals surface area contributed by atoms with Crippen LogP contribution < -0.4 is 11.1 Å². The summed E-state index contributed by atoms with van der Waals surface area (Å²) in [6, 6.07) is 1.95. The lowest BCUT2D eigenvalue weighted by atomic mass is 10.1. The minimum Gasteiger partial charge on any atom is -0.368 e. The van der Waals surface area contributed by atoms with Crippen LogP contribution in [0.1, 0.15) is 45.0 Å². The van der Waals surface area contributed by atoms with Gasteiger partial charge in [-0.2, -0.15) is 4.98 Å². The van der Waals surface area contributed by atoms with E-state index in [2.05, 4.69) is 52.5 Å². The maximum atomic E-state index is 5.76. The largest absolute Gasteiger partial charge is 0.368 e. The summed E-state index contributed by atoms with van der Waals surface area (Å²) in [5.41, 5.74) is 7.84. The zero-order valence-corrected chi connectivity index (χ0v) is 13.2. The van der Waals surface area contributed by atoms with Gasteiger partial charge in [0.2, 0.25) is 5.95 Å². The maximum absolute atomic E-state index is 5.76. The SMILES string of the molecule is CC(C)Cn1cncc1CNc1cc(C(C)C)nc(N)n1. The van der Waals surface area contributed by atoms with Crippen LogP contribution in [0.15, 0.2) is 18.6 Å². The van der Waals surface area contributed by atoms with Gasteiger partial charge in [0.25, 0.3) is 0 Å². The summed E-state index contributed by atoms with van der Waals surface area (Å²) in [6.45, 7) is 10.2. The Morgan fingerprint density at radius 2 is 2.00 bits per heavy atom. The molecule has 0 atom stereocenters. The van der Waals surface area contributed by atoms with E-state index in [1.165, 1.54) is 0 Å². The molecule has 2 heterocycles. The smallest absolute Gasteiger partial charge is 0.222 e. The van der Waals surface area contributed by atoms with Crippen molar-refractivity contribution in [2.75, 3.05) is 11.1 Å². The van der Waals surface area contributed by atoms with Crippen molar-refractivity contribution in [2.24, 2.45) is 5.92 Å². The number of nitrogen functional groups attached to an aromatic ring is 1. The Kier molecular flexibility index (Phi) is 4.77. The van der Waals surface area contributed by atoms with Gasteiger partial charge >= 0.3 is 0 Å². The average Bonchev–Trinajstić information content (AvgIpc) is 2.82. The van der Waals surface area contributed by atoms with Crippen LogP contribution in [0.4, 0.5) is 11.8 Å². The number of aromatic nitrogens is 4. The first-order valence-electron chi connectivity index (χ1n) is 7.33. The first-order valence-corrected chi connectivity index (χ1v) is 7.33. The zero-order valence-electron chi connectivity index (χ0n) is 13.2. The predicted molar refractivity (Wildman–Crippen MR) is 84.9 cm³/mol. The average molecular weight is 288 g/mol. The van der Waals surface area contributed by atoms with Crippen molar-refractivity contribution in [1.82, 2.24) is 19.5 Å². The fourth-order valence-corrected chi connectivity index (χ4v) is 2.11. The molecule has 114 valence electrons. The zero-order chi connectivity index (χ0) is 15.4. The van der Waals surface area contributed by atoms with Gasteiger partial charge < -0.3 is 15.6 Å². The molecule has 0 saturated heterocycles. The van der Waals surface area contributed by atoms with Crippen LogP contribution in [-0.2, 0) is 13.1 Å². The van der Waals surface area contributed by atoms with Crippen molar-refractivity contribution >= 4 is 11.8 Å². The number of nitrogens with two attached hydrogens (primary N) is 1. The molecule has 0 bridgehead atoms. The van der Waals surface area contributed by atoms with Gasteiger partial charge in [-0.15, -0.1) is 0 Å². The molecule has 3 N–H and O–H groups in total. The van der Waals surface area contributed by atoms with Crippen LogP contribution in [0.25, 0.3) is 0 Å². The molecule has 0 amide bonds. The van der Waals surface area contributed by atoms with Gasteiger partial charge in [0, 0.05) is 18.8 Å². The highest BCUT2D eigenvalue weighted by molar-refractivity contribution is 5.41. The van der Waals surface area contributed by atoms with Crippen LogP contribution in [0, 0.1) is 5.92 Å². The molecule has 0 aliphatic heterocycles. The second-order valence-corrected chi connectivity index (χ2v) is 5.98. The number of imidazole rings is 1. The Hall–Kier alpha value is -2.11. The molecule has 0 aliphatic rings. The van der Waals surface area contributed by atoms with Crippen molar-refractivity contribution in [2.45, 2.75) is 46.7 Å². The van der Waals surface area contributed by atoms with Crippen molar-refractivity contribution in [3.63, 3.8) is 0 Å². The van der Waals surface area contributed by atoms with E-state index in [0.29, 0.717) is 24.3 Å². The number of anilines is 2. The van der Waals surface area contributed by atoms with Gasteiger partial charge in [0.15, 0.2) is 0 Å². The summed E-state index contributed by atoms with van der Waals surface area (Å²) in [7, 11) is 0. The number of hydrogen-bond acceptors (Lipinski definition) is 5. The minimum atomic E-state index is 0.305. The van der Waals surface area contributed by atoms with Crippen LogP contribution in [-0.4, -0.2) is 19.5 Å². The summed E-state index contributed by atoms with van der Waals surface area (Å²) in [5, 5.41) is 3.30. The van der Waals surface area contributed by atoms with Crippen molar-refractivity contribution in [1.29, 1.82) is 0 Å². The lowest BCUT2D eigenvalue weighted by Gasteiger charge is -2.13. The first kappa shape index (κ1) is 15.3. The van der Waals surface area contributed by atoms with Crippen molar-refractivity contribution in [3.8, 4) is 0 Å². The minimum absolute atomic E-state index is 0.305. The van der Waals surface area contributed by atoms with E-state index in [1.54, 1.807) is 0 Å². The number of rotatable bonds is 6. The molecule has 0 aliphatic carbocycles. The standard InChI is InChI=1S/C15H24N6/c1-10(2)8-21-9-17-6-12(21)7-18-14-5-13(11(3)4)19-15(16)20-14/h5-6,9-11H,7-8H2,1-4H3,(H3,16,18,19,20). The maximum Gasteiger partial charge on any atom is 0.222 e. The van der Waals surface area contributed by atoms with Crippen LogP contribution >= 0.6 is 0 Å². The van der Waals surface area contributed by atoms with Crippen LogP contribution in [0.2, 0.25) is 0 Å². The Labute approximate surface area is 125 Å². The molecule has 0 unspecified atom stereocenters. The highest BCUT2D eigenvalue weighted by atomic mass is 15.1.